The summed E-state index contributed by atoms with van der Waals surface area (Å²) in [6.07, 6.45) is 2.50. The number of urea groups is 1. The number of benzene rings is 1. The standard InChI is InChI=1S/C36H55N5O7S/c1-21(2)17-36(8,20-49(47,48)19-23-12-10-9-11-13-23)40-33(46)39-29(34(3,4)5)32(45)41-18-24-26(35(24,6)7)27(41)31(44)38-25(16-22-14-15-22)28(42)30(37)43/h9-13,21-22,24-27,29H,14-20H2,1-8H3,(H2,37,43)(H,38,44)(H2,39,40,46)/t24-,25?,26-,27-,29+,36?/m0/s1. The van der Waals surface area contributed by atoms with Gasteiger partial charge in [0, 0.05) is 6.54 Å². The molecule has 2 aliphatic carbocycles. The molecule has 0 bridgehead atoms. The third-order valence-electron chi connectivity index (χ3n) is 10.3. The summed E-state index contributed by atoms with van der Waals surface area (Å²) < 4.78 is 26.7. The van der Waals surface area contributed by atoms with E-state index >= 15 is 0 Å². The molecular weight excluding hydrogens is 646 g/mol. The number of amides is 5. The van der Waals surface area contributed by atoms with Crippen molar-refractivity contribution < 1.29 is 32.4 Å². The Morgan fingerprint density at radius 3 is 2.14 bits per heavy atom. The molecule has 13 heteroatoms. The van der Waals surface area contributed by atoms with Gasteiger partial charge in [0.05, 0.1) is 23.1 Å². The van der Waals surface area contributed by atoms with Crippen molar-refractivity contribution >= 4 is 39.4 Å². The molecule has 5 N–H and O–H groups in total. The van der Waals surface area contributed by atoms with E-state index in [0.717, 1.165) is 12.8 Å². The van der Waals surface area contributed by atoms with Crippen LogP contribution < -0.4 is 21.7 Å². The van der Waals surface area contributed by atoms with Gasteiger partial charge in [0.2, 0.25) is 17.6 Å². The molecule has 6 atom stereocenters. The monoisotopic (exact) mass is 701 g/mol. The SMILES string of the molecule is CC(C)CC(C)(CS(=O)(=O)Cc1ccccc1)NC(=O)N[C@H](C(=O)N1C[C@H]2[C@@H]([C@H]1C(=O)NC(CC1CC1)C(=O)C(N)=O)C2(C)C)C(C)(C)C. The van der Waals surface area contributed by atoms with Crippen LogP contribution in [0.5, 0.6) is 0 Å². The van der Waals surface area contributed by atoms with Crippen LogP contribution in [0.2, 0.25) is 0 Å². The van der Waals surface area contributed by atoms with Gasteiger partial charge in [-0.1, -0.05) is 91.6 Å². The second-order valence-electron chi connectivity index (χ2n) is 16.9. The predicted molar refractivity (Wildman–Crippen MR) is 186 cm³/mol. The average Bonchev–Trinajstić information content (AvgIpc) is 3.80. The maximum Gasteiger partial charge on any atom is 0.315 e. The van der Waals surface area contributed by atoms with E-state index in [4.69, 9.17) is 5.73 Å². The largest absolute Gasteiger partial charge is 0.363 e. The van der Waals surface area contributed by atoms with Gasteiger partial charge in [-0.3, -0.25) is 19.2 Å². The first-order valence-corrected chi connectivity index (χ1v) is 19.1. The second-order valence-corrected chi connectivity index (χ2v) is 19.0. The fourth-order valence-corrected chi connectivity index (χ4v) is 9.79. The number of ketones is 1. The van der Waals surface area contributed by atoms with Crippen LogP contribution in [0.1, 0.15) is 86.6 Å². The van der Waals surface area contributed by atoms with E-state index in [1.54, 1.807) is 52.0 Å². The molecular formula is C36H55N5O7S. The minimum atomic E-state index is -3.64. The van der Waals surface area contributed by atoms with Gasteiger partial charge in [-0.15, -0.1) is 0 Å². The number of hydrogen-bond donors (Lipinski definition) is 4. The van der Waals surface area contributed by atoms with Crippen molar-refractivity contribution in [2.75, 3.05) is 12.3 Å². The van der Waals surface area contributed by atoms with Crippen LogP contribution in [0.3, 0.4) is 0 Å². The Kier molecular flexibility index (Phi) is 11.0. The van der Waals surface area contributed by atoms with Crippen molar-refractivity contribution in [3.8, 4) is 0 Å². The van der Waals surface area contributed by atoms with Crippen molar-refractivity contribution in [1.82, 2.24) is 20.9 Å². The zero-order chi connectivity index (χ0) is 36.7. The van der Waals surface area contributed by atoms with Crippen molar-refractivity contribution in [2.24, 2.45) is 40.2 Å². The topological polar surface area (TPSA) is 185 Å². The van der Waals surface area contributed by atoms with E-state index in [0.29, 0.717) is 24.9 Å². The van der Waals surface area contributed by atoms with Gasteiger partial charge in [0.1, 0.15) is 12.1 Å². The van der Waals surface area contributed by atoms with Crippen LogP contribution in [-0.2, 0) is 34.8 Å². The van der Waals surface area contributed by atoms with Gasteiger partial charge in [0.25, 0.3) is 5.91 Å². The lowest BCUT2D eigenvalue weighted by Crippen LogP contribution is -2.63. The predicted octanol–water partition coefficient (Wildman–Crippen LogP) is 2.94. The van der Waals surface area contributed by atoms with Gasteiger partial charge >= 0.3 is 6.03 Å². The van der Waals surface area contributed by atoms with Gasteiger partial charge in [0.15, 0.2) is 9.84 Å². The zero-order valence-electron chi connectivity index (χ0n) is 30.2. The lowest BCUT2D eigenvalue weighted by atomic mass is 9.85. The molecule has 1 aromatic carbocycles. The number of hydrogen-bond acceptors (Lipinski definition) is 7. The molecule has 2 saturated carbocycles. The Hall–Kier alpha value is -3.48. The molecule has 3 fully saturated rings. The maximum atomic E-state index is 14.4. The number of fused-ring (bicyclic) bond motifs is 1. The van der Waals surface area contributed by atoms with Crippen LogP contribution in [0, 0.1) is 34.5 Å². The van der Waals surface area contributed by atoms with E-state index in [9.17, 15) is 32.4 Å². The van der Waals surface area contributed by atoms with E-state index in [1.807, 2.05) is 33.8 Å². The first-order chi connectivity index (χ1) is 22.5. The zero-order valence-corrected chi connectivity index (χ0v) is 31.0. The summed E-state index contributed by atoms with van der Waals surface area (Å²) in [6, 6.07) is 5.15. The number of carbonyl (C=O) groups excluding carboxylic acids is 5. The van der Waals surface area contributed by atoms with Gasteiger partial charge in [-0.25, -0.2) is 13.2 Å². The number of likely N-dealkylation sites (tertiary alicyclic amines) is 1. The molecule has 1 heterocycles. The summed E-state index contributed by atoms with van der Waals surface area (Å²) >= 11 is 0. The molecule has 49 heavy (non-hydrogen) atoms. The Bertz CT molecular complexity index is 1550. The normalized spacial score (nSPS) is 23.9. The molecule has 272 valence electrons. The number of carbonyl (C=O) groups is 5. The summed E-state index contributed by atoms with van der Waals surface area (Å²) in [5.74, 6) is -3.25. The van der Waals surface area contributed by atoms with Crippen LogP contribution in [0.15, 0.2) is 30.3 Å². The van der Waals surface area contributed by atoms with Gasteiger partial charge < -0.3 is 26.6 Å². The number of nitrogens with one attached hydrogen (secondary N) is 3. The molecule has 12 nitrogen and oxygen atoms in total. The molecule has 1 saturated heterocycles. The minimum absolute atomic E-state index is 0.0412. The minimum Gasteiger partial charge on any atom is -0.363 e. The molecule has 0 aromatic heterocycles. The molecule has 0 spiro atoms. The third kappa shape index (κ3) is 9.40. The molecule has 5 amide bonds. The number of sulfone groups is 1. The Morgan fingerprint density at radius 1 is 1.00 bits per heavy atom. The number of primary amides is 1. The fraction of sp³-hybridized carbons (Fsp3) is 0.694. The molecule has 1 aromatic rings. The second kappa shape index (κ2) is 14.0. The number of rotatable bonds is 15. The summed E-state index contributed by atoms with van der Waals surface area (Å²) in [5.41, 5.74) is 3.81. The summed E-state index contributed by atoms with van der Waals surface area (Å²) in [5, 5.41) is 8.48. The smallest absolute Gasteiger partial charge is 0.315 e. The van der Waals surface area contributed by atoms with Crippen molar-refractivity contribution in [3.63, 3.8) is 0 Å². The highest BCUT2D eigenvalue weighted by molar-refractivity contribution is 7.90. The Balaban J connectivity index is 1.53. The maximum absolute atomic E-state index is 14.4. The van der Waals surface area contributed by atoms with E-state index in [-0.39, 0.29) is 40.6 Å². The first-order valence-electron chi connectivity index (χ1n) is 17.3. The molecule has 3 aliphatic rings. The summed E-state index contributed by atoms with van der Waals surface area (Å²) in [6.45, 7) is 15.4. The highest BCUT2D eigenvalue weighted by Crippen LogP contribution is 2.65. The molecule has 2 unspecified atom stereocenters. The third-order valence-corrected chi connectivity index (χ3v) is 12.2. The van der Waals surface area contributed by atoms with Crippen molar-refractivity contribution in [3.05, 3.63) is 35.9 Å². The molecule has 4 rings (SSSR count). The van der Waals surface area contributed by atoms with Crippen LogP contribution in [-0.4, -0.2) is 78.8 Å². The van der Waals surface area contributed by atoms with Gasteiger partial charge in [-0.2, -0.15) is 0 Å². The van der Waals surface area contributed by atoms with Crippen molar-refractivity contribution in [2.45, 2.75) is 110 Å². The molecule has 1 aliphatic heterocycles. The van der Waals surface area contributed by atoms with Crippen LogP contribution >= 0.6 is 0 Å². The highest BCUT2D eigenvalue weighted by atomic mass is 32.2. The molecule has 0 radical (unpaired) electrons. The van der Waals surface area contributed by atoms with E-state index in [2.05, 4.69) is 16.0 Å². The van der Waals surface area contributed by atoms with Gasteiger partial charge in [-0.05, 0) is 59.8 Å². The number of nitrogens with zero attached hydrogens (tertiary/aromatic N) is 1. The first kappa shape index (κ1) is 38.3. The quantitative estimate of drug-likeness (QED) is 0.203. The Morgan fingerprint density at radius 2 is 1.61 bits per heavy atom. The van der Waals surface area contributed by atoms with E-state index in [1.165, 1.54) is 4.90 Å². The fourth-order valence-electron chi connectivity index (χ4n) is 7.83. The summed E-state index contributed by atoms with van der Waals surface area (Å²) in [4.78, 5) is 67.9. The lowest BCUT2D eigenvalue weighted by Gasteiger charge is -2.39. The van der Waals surface area contributed by atoms with Crippen LogP contribution in [0.4, 0.5) is 4.79 Å². The van der Waals surface area contributed by atoms with E-state index < -0.39 is 68.5 Å². The number of piperidine rings is 1. The number of Topliss-reactive ketones (excluding diaryl/α,β-unsaturated/α-hetero) is 1. The average molecular weight is 702 g/mol. The summed E-state index contributed by atoms with van der Waals surface area (Å²) in [7, 11) is -3.64. The van der Waals surface area contributed by atoms with Crippen LogP contribution in [0.25, 0.3) is 0 Å². The lowest BCUT2D eigenvalue weighted by molar-refractivity contribution is -0.145. The van der Waals surface area contributed by atoms with Crippen molar-refractivity contribution in [1.29, 1.82) is 0 Å². The Labute approximate surface area is 291 Å². The highest BCUT2D eigenvalue weighted by Gasteiger charge is 2.70. The number of nitrogens with two attached hydrogens (primary N) is 1.